The van der Waals surface area contributed by atoms with Gasteiger partial charge in [-0.15, -0.1) is 0 Å². The fourth-order valence-corrected chi connectivity index (χ4v) is 5.60. The minimum atomic E-state index is -1.11. The lowest BCUT2D eigenvalue weighted by Gasteiger charge is -2.29. The summed E-state index contributed by atoms with van der Waals surface area (Å²) in [5.41, 5.74) is 0.717. The number of aliphatic carboxylic acids is 1. The van der Waals surface area contributed by atoms with Crippen molar-refractivity contribution < 1.29 is 28.6 Å². The molecule has 1 aromatic heterocycles. The molecule has 5 rings (SSSR count). The highest BCUT2D eigenvalue weighted by Gasteiger charge is 2.49. The number of nitrogens with one attached hydrogen (secondary N) is 2. The third-order valence-electron chi connectivity index (χ3n) is 7.21. The molecular formula is C25H28FN4O5-. The number of carbonyl (C=O) groups is 2. The zero-order chi connectivity index (χ0) is 24.4. The van der Waals surface area contributed by atoms with E-state index in [0.717, 1.165) is 25.7 Å². The summed E-state index contributed by atoms with van der Waals surface area (Å²) in [7, 11) is 0. The Labute approximate surface area is 202 Å². The predicted octanol–water partition coefficient (Wildman–Crippen LogP) is 1.44. The SMILES string of the molecule is O=C([O-])CC1(CC(=O)N[C@H]2CO[C@H]3[C@@H]2OC[C@@H]3Nc2nccc(-c3cccc(F)c3)n2)CCCC1. The quantitative estimate of drug-likeness (QED) is 0.578. The molecule has 35 heavy (non-hydrogen) atoms. The fraction of sp³-hybridized carbons (Fsp3) is 0.520. The van der Waals surface area contributed by atoms with Crippen LogP contribution in [-0.2, 0) is 19.1 Å². The molecular weight excluding hydrogens is 455 g/mol. The van der Waals surface area contributed by atoms with Gasteiger partial charge in [0.2, 0.25) is 11.9 Å². The average Bonchev–Trinajstić information content (AvgIpc) is 3.53. The molecule has 3 aliphatic rings. The van der Waals surface area contributed by atoms with E-state index in [0.29, 0.717) is 30.4 Å². The normalized spacial score (nSPS) is 26.9. The van der Waals surface area contributed by atoms with Crippen molar-refractivity contribution in [1.82, 2.24) is 15.3 Å². The van der Waals surface area contributed by atoms with E-state index in [1.807, 2.05) is 0 Å². The number of aromatic nitrogens is 2. The first-order valence-corrected chi connectivity index (χ1v) is 12.0. The Balaban J connectivity index is 1.19. The molecule has 1 saturated carbocycles. The molecule has 0 radical (unpaired) electrons. The Morgan fingerprint density at radius 1 is 1.09 bits per heavy atom. The highest BCUT2D eigenvalue weighted by molar-refractivity contribution is 5.78. The molecule has 1 aromatic carbocycles. The lowest BCUT2D eigenvalue weighted by Crippen LogP contribution is -2.46. The minimum absolute atomic E-state index is 0.0924. The third-order valence-corrected chi connectivity index (χ3v) is 7.21. The standard InChI is InChI=1S/C25H29FN4O5/c26-16-5-3-4-15(10-16)17-6-9-27-24(29-17)30-19-14-35-22-18(13-34-23(19)22)28-20(31)11-25(12-21(32)33)7-1-2-8-25/h3-6,9-10,18-19,22-23H,1-2,7-8,11-14H2,(H,28,31)(H,32,33)(H,27,29,30)/p-1/t18-,19-,22+,23+/m0/s1. The Bertz CT molecular complexity index is 1090. The number of hydrogen-bond acceptors (Lipinski definition) is 8. The van der Waals surface area contributed by atoms with Crippen molar-refractivity contribution in [3.8, 4) is 11.3 Å². The second-order valence-corrected chi connectivity index (χ2v) is 9.73. The lowest BCUT2D eigenvalue weighted by molar-refractivity contribution is -0.308. The van der Waals surface area contributed by atoms with Crippen molar-refractivity contribution in [2.75, 3.05) is 18.5 Å². The second kappa shape index (κ2) is 9.87. The molecule has 2 aliphatic heterocycles. The molecule has 9 nitrogen and oxygen atoms in total. The van der Waals surface area contributed by atoms with Gasteiger partial charge in [0.05, 0.1) is 31.0 Å². The van der Waals surface area contributed by atoms with Crippen LogP contribution in [0.25, 0.3) is 11.3 Å². The van der Waals surface area contributed by atoms with E-state index in [9.17, 15) is 19.1 Å². The fourth-order valence-electron chi connectivity index (χ4n) is 5.60. The van der Waals surface area contributed by atoms with Gasteiger partial charge in [0.15, 0.2) is 0 Å². The summed E-state index contributed by atoms with van der Waals surface area (Å²) in [6.07, 6.45) is 4.34. The molecule has 1 aliphatic carbocycles. The van der Waals surface area contributed by atoms with Crippen molar-refractivity contribution in [3.05, 3.63) is 42.3 Å². The summed E-state index contributed by atoms with van der Waals surface area (Å²) in [5, 5.41) is 17.5. The Hall–Kier alpha value is -3.11. The van der Waals surface area contributed by atoms with Gasteiger partial charge in [0, 0.05) is 24.2 Å². The van der Waals surface area contributed by atoms with Gasteiger partial charge in [0.25, 0.3) is 0 Å². The first-order chi connectivity index (χ1) is 16.9. The van der Waals surface area contributed by atoms with Crippen molar-refractivity contribution >= 4 is 17.8 Å². The summed E-state index contributed by atoms with van der Waals surface area (Å²) in [5.74, 6) is -1.26. The molecule has 0 spiro atoms. The van der Waals surface area contributed by atoms with E-state index >= 15 is 0 Å². The van der Waals surface area contributed by atoms with Gasteiger partial charge in [-0.05, 0) is 42.9 Å². The Morgan fingerprint density at radius 2 is 1.83 bits per heavy atom. The lowest BCUT2D eigenvalue weighted by atomic mass is 9.79. The monoisotopic (exact) mass is 483 g/mol. The molecule has 0 bridgehead atoms. The molecule has 0 unspecified atom stereocenters. The van der Waals surface area contributed by atoms with Crippen LogP contribution in [-0.4, -0.2) is 59.3 Å². The largest absolute Gasteiger partial charge is 0.550 e. The zero-order valence-electron chi connectivity index (χ0n) is 19.2. The van der Waals surface area contributed by atoms with Crippen LogP contribution in [0.2, 0.25) is 0 Å². The number of benzene rings is 1. The first-order valence-electron chi connectivity index (χ1n) is 12.0. The molecule has 10 heteroatoms. The smallest absolute Gasteiger partial charge is 0.223 e. The van der Waals surface area contributed by atoms with Crippen LogP contribution in [0.4, 0.5) is 10.3 Å². The number of carboxylic acid groups (broad SMARTS) is 1. The number of carboxylic acids is 1. The van der Waals surface area contributed by atoms with Crippen molar-refractivity contribution in [2.45, 2.75) is 62.8 Å². The number of carbonyl (C=O) groups excluding carboxylic acids is 2. The Kier molecular flexibility index (Phi) is 6.66. The second-order valence-electron chi connectivity index (χ2n) is 9.73. The van der Waals surface area contributed by atoms with Gasteiger partial charge >= 0.3 is 0 Å². The molecule has 3 heterocycles. The summed E-state index contributed by atoms with van der Waals surface area (Å²) in [4.78, 5) is 32.8. The van der Waals surface area contributed by atoms with E-state index in [-0.39, 0.29) is 48.9 Å². The van der Waals surface area contributed by atoms with E-state index in [1.54, 1.807) is 24.4 Å². The molecule has 186 valence electrons. The van der Waals surface area contributed by atoms with Crippen LogP contribution in [0.1, 0.15) is 38.5 Å². The molecule has 3 fully saturated rings. The number of ether oxygens (including phenoxy) is 2. The minimum Gasteiger partial charge on any atom is -0.550 e. The Morgan fingerprint density at radius 3 is 2.57 bits per heavy atom. The van der Waals surface area contributed by atoms with Gasteiger partial charge in [-0.3, -0.25) is 4.79 Å². The van der Waals surface area contributed by atoms with Crippen LogP contribution in [0.5, 0.6) is 0 Å². The van der Waals surface area contributed by atoms with E-state index in [4.69, 9.17) is 9.47 Å². The number of fused-ring (bicyclic) bond motifs is 1. The maximum atomic E-state index is 13.6. The van der Waals surface area contributed by atoms with Crippen LogP contribution in [0.3, 0.4) is 0 Å². The number of halogens is 1. The maximum Gasteiger partial charge on any atom is 0.223 e. The number of nitrogens with zero attached hydrogens (tertiary/aromatic N) is 2. The summed E-state index contributed by atoms with van der Waals surface area (Å²) >= 11 is 0. The van der Waals surface area contributed by atoms with Gasteiger partial charge < -0.3 is 30.0 Å². The molecule has 2 saturated heterocycles. The first kappa shape index (κ1) is 23.6. The van der Waals surface area contributed by atoms with Crippen LogP contribution in [0, 0.1) is 11.2 Å². The molecule has 1 amide bonds. The molecule has 2 N–H and O–H groups in total. The summed E-state index contributed by atoms with van der Waals surface area (Å²) in [6, 6.07) is 7.37. The number of rotatable bonds is 8. The third kappa shape index (κ3) is 5.28. The van der Waals surface area contributed by atoms with Crippen molar-refractivity contribution in [1.29, 1.82) is 0 Å². The zero-order valence-corrected chi connectivity index (χ0v) is 19.2. The molecule has 2 aromatic rings. The van der Waals surface area contributed by atoms with E-state index in [1.165, 1.54) is 12.1 Å². The average molecular weight is 484 g/mol. The van der Waals surface area contributed by atoms with Gasteiger partial charge in [-0.1, -0.05) is 25.0 Å². The highest BCUT2D eigenvalue weighted by atomic mass is 19.1. The van der Waals surface area contributed by atoms with Gasteiger partial charge in [0.1, 0.15) is 18.0 Å². The maximum absolute atomic E-state index is 13.6. The van der Waals surface area contributed by atoms with Crippen molar-refractivity contribution in [3.63, 3.8) is 0 Å². The topological polar surface area (TPSA) is 126 Å². The molecule has 4 atom stereocenters. The van der Waals surface area contributed by atoms with Gasteiger partial charge in [-0.25, -0.2) is 14.4 Å². The highest BCUT2D eigenvalue weighted by Crippen LogP contribution is 2.44. The van der Waals surface area contributed by atoms with Crippen LogP contribution < -0.4 is 15.7 Å². The van der Waals surface area contributed by atoms with Crippen molar-refractivity contribution in [2.24, 2.45) is 5.41 Å². The number of amides is 1. The summed E-state index contributed by atoms with van der Waals surface area (Å²) in [6.45, 7) is 0.654. The number of anilines is 1. The van der Waals surface area contributed by atoms with Gasteiger partial charge in [-0.2, -0.15) is 0 Å². The predicted molar refractivity (Wildman–Crippen MR) is 121 cm³/mol. The van der Waals surface area contributed by atoms with E-state index < -0.39 is 11.4 Å². The summed E-state index contributed by atoms with van der Waals surface area (Å²) < 4.78 is 25.5. The van der Waals surface area contributed by atoms with Crippen LogP contribution in [0.15, 0.2) is 36.5 Å². The number of hydrogen-bond donors (Lipinski definition) is 2. The van der Waals surface area contributed by atoms with Crippen LogP contribution >= 0.6 is 0 Å². The van der Waals surface area contributed by atoms with E-state index in [2.05, 4.69) is 20.6 Å².